The van der Waals surface area contributed by atoms with E-state index < -0.39 is 11.6 Å². The average Bonchev–Trinajstić information content (AvgIpc) is 3.47. The van der Waals surface area contributed by atoms with Crippen LogP contribution in [-0.4, -0.2) is 21.3 Å². The first-order valence-electron chi connectivity index (χ1n) is 10.4. The fraction of sp³-hybridized carbons (Fsp3) is 0.208. The second-order valence-corrected chi connectivity index (χ2v) is 8.85. The van der Waals surface area contributed by atoms with E-state index in [-0.39, 0.29) is 17.7 Å². The van der Waals surface area contributed by atoms with Crippen LogP contribution in [0.3, 0.4) is 0 Å². The quantitative estimate of drug-likeness (QED) is 0.475. The van der Waals surface area contributed by atoms with E-state index in [0.717, 1.165) is 35.2 Å². The molecule has 0 aliphatic carbocycles. The van der Waals surface area contributed by atoms with Gasteiger partial charge < -0.3 is 5.32 Å². The minimum Gasteiger partial charge on any atom is -0.309 e. The maximum atomic E-state index is 13.6. The molecule has 0 spiro atoms. The van der Waals surface area contributed by atoms with Gasteiger partial charge in [0.2, 0.25) is 0 Å². The highest BCUT2D eigenvalue weighted by atomic mass is 32.1. The summed E-state index contributed by atoms with van der Waals surface area (Å²) in [5.74, 6) is -1.38. The smallest absolute Gasteiger partial charge is 0.267 e. The van der Waals surface area contributed by atoms with Crippen molar-refractivity contribution in [3.63, 3.8) is 0 Å². The number of thiazole rings is 1. The minimum atomic E-state index is -0.692. The van der Waals surface area contributed by atoms with Crippen LogP contribution in [0.4, 0.5) is 8.78 Å². The van der Waals surface area contributed by atoms with Gasteiger partial charge in [-0.3, -0.25) is 4.79 Å². The van der Waals surface area contributed by atoms with Gasteiger partial charge in [-0.15, -0.1) is 11.3 Å². The molecule has 1 atom stereocenters. The Kier molecular flexibility index (Phi) is 5.63. The maximum absolute atomic E-state index is 13.6. The topological polar surface area (TPSA) is 59.8 Å². The first kappa shape index (κ1) is 20.7. The number of halogens is 2. The molecule has 1 fully saturated rings. The molecular formula is C24H20F2N4OS. The lowest BCUT2D eigenvalue weighted by atomic mass is 10.1. The highest BCUT2D eigenvalue weighted by Crippen LogP contribution is 2.32. The molecule has 1 saturated heterocycles. The Morgan fingerprint density at radius 1 is 1.06 bits per heavy atom. The molecule has 32 heavy (non-hydrogen) atoms. The van der Waals surface area contributed by atoms with Crippen molar-refractivity contribution < 1.29 is 8.78 Å². The molecule has 8 heteroatoms. The highest BCUT2D eigenvalue weighted by molar-refractivity contribution is 7.15. The first-order chi connectivity index (χ1) is 15.5. The van der Waals surface area contributed by atoms with Gasteiger partial charge in [0.25, 0.3) is 5.56 Å². The highest BCUT2D eigenvalue weighted by Gasteiger charge is 2.19. The van der Waals surface area contributed by atoms with Gasteiger partial charge in [0.1, 0.15) is 16.6 Å². The van der Waals surface area contributed by atoms with Crippen LogP contribution in [0.1, 0.15) is 29.3 Å². The van der Waals surface area contributed by atoms with Crippen LogP contribution in [0.2, 0.25) is 0 Å². The number of nitrogens with one attached hydrogen (secondary N) is 1. The summed E-state index contributed by atoms with van der Waals surface area (Å²) in [4.78, 5) is 18.2. The third-order valence-corrected chi connectivity index (χ3v) is 6.62. The van der Waals surface area contributed by atoms with Crippen LogP contribution in [0.15, 0.2) is 65.6 Å². The fourth-order valence-corrected chi connectivity index (χ4v) is 4.92. The Morgan fingerprint density at radius 2 is 1.91 bits per heavy atom. The van der Waals surface area contributed by atoms with Crippen molar-refractivity contribution in [2.75, 3.05) is 6.54 Å². The molecule has 1 aliphatic rings. The summed E-state index contributed by atoms with van der Waals surface area (Å²) in [7, 11) is 0. The van der Waals surface area contributed by atoms with Gasteiger partial charge >= 0.3 is 0 Å². The van der Waals surface area contributed by atoms with Crippen molar-refractivity contribution in [2.24, 2.45) is 0 Å². The predicted octanol–water partition coefficient (Wildman–Crippen LogP) is 4.78. The van der Waals surface area contributed by atoms with Gasteiger partial charge in [-0.05, 0) is 49.2 Å². The van der Waals surface area contributed by atoms with E-state index in [0.29, 0.717) is 11.7 Å². The lowest BCUT2D eigenvalue weighted by Gasteiger charge is -2.09. The van der Waals surface area contributed by atoms with Gasteiger partial charge in [0, 0.05) is 40.4 Å². The zero-order valence-electron chi connectivity index (χ0n) is 17.1. The molecule has 2 aromatic carbocycles. The summed E-state index contributed by atoms with van der Waals surface area (Å²) < 4.78 is 28.5. The van der Waals surface area contributed by atoms with Crippen LogP contribution in [0, 0.1) is 11.6 Å². The van der Waals surface area contributed by atoms with Crippen LogP contribution < -0.4 is 10.9 Å². The van der Waals surface area contributed by atoms with Crippen molar-refractivity contribution in [1.29, 1.82) is 0 Å². The maximum Gasteiger partial charge on any atom is 0.267 e. The lowest BCUT2D eigenvalue weighted by Crippen LogP contribution is -2.22. The number of aromatic nitrogens is 3. The number of hydrogen-bond acceptors (Lipinski definition) is 5. The molecule has 0 amide bonds. The van der Waals surface area contributed by atoms with E-state index in [4.69, 9.17) is 0 Å². The standard InChI is InChI=1S/C24H20F2N4OS/c25-18-10-17(11-19(26)12-18)20-6-7-23(31)30(29-20)14-15-3-1-4-16(9-15)24-28-13-22(32-24)21-5-2-8-27-21/h1,3-4,6-7,9-13,21,27H,2,5,8,14H2. The van der Waals surface area contributed by atoms with Crippen molar-refractivity contribution in [2.45, 2.75) is 25.4 Å². The Morgan fingerprint density at radius 3 is 2.69 bits per heavy atom. The van der Waals surface area contributed by atoms with Crippen LogP contribution in [-0.2, 0) is 6.54 Å². The molecule has 3 heterocycles. The third-order valence-electron chi connectivity index (χ3n) is 5.46. The molecule has 4 aromatic rings. The second-order valence-electron chi connectivity index (χ2n) is 7.79. The molecule has 1 N–H and O–H groups in total. The van der Waals surface area contributed by atoms with E-state index in [9.17, 15) is 13.6 Å². The van der Waals surface area contributed by atoms with E-state index in [1.54, 1.807) is 11.3 Å². The Labute approximate surface area is 187 Å². The summed E-state index contributed by atoms with van der Waals surface area (Å²) in [5.41, 5.74) is 2.18. The molecule has 0 radical (unpaired) electrons. The SMILES string of the molecule is O=c1ccc(-c2cc(F)cc(F)c2)nn1Cc1cccc(-c2ncc(C3CCCN3)s2)c1. The summed E-state index contributed by atoms with van der Waals surface area (Å²) >= 11 is 1.68. The second kappa shape index (κ2) is 8.72. The van der Waals surface area contributed by atoms with Gasteiger partial charge in [-0.2, -0.15) is 5.10 Å². The zero-order valence-corrected chi connectivity index (χ0v) is 17.9. The Balaban J connectivity index is 1.42. The summed E-state index contributed by atoms with van der Waals surface area (Å²) in [6.45, 7) is 1.27. The van der Waals surface area contributed by atoms with Crippen LogP contribution >= 0.6 is 11.3 Å². The molecule has 0 saturated carbocycles. The predicted molar refractivity (Wildman–Crippen MR) is 120 cm³/mol. The largest absolute Gasteiger partial charge is 0.309 e. The van der Waals surface area contributed by atoms with E-state index >= 15 is 0 Å². The summed E-state index contributed by atoms with van der Waals surface area (Å²) in [5, 5.41) is 8.75. The van der Waals surface area contributed by atoms with E-state index in [1.165, 1.54) is 40.2 Å². The number of nitrogens with zero attached hydrogens (tertiary/aromatic N) is 3. The van der Waals surface area contributed by atoms with Gasteiger partial charge in [0.05, 0.1) is 12.2 Å². The monoisotopic (exact) mass is 450 g/mol. The zero-order chi connectivity index (χ0) is 22.1. The van der Waals surface area contributed by atoms with Crippen LogP contribution in [0.25, 0.3) is 21.8 Å². The molecule has 5 nitrogen and oxygen atoms in total. The Hall–Kier alpha value is -3.23. The molecule has 1 aliphatic heterocycles. The number of hydrogen-bond donors (Lipinski definition) is 1. The van der Waals surface area contributed by atoms with Gasteiger partial charge in [-0.25, -0.2) is 18.4 Å². The van der Waals surface area contributed by atoms with Crippen LogP contribution in [0.5, 0.6) is 0 Å². The lowest BCUT2D eigenvalue weighted by molar-refractivity contribution is 0.583. The van der Waals surface area contributed by atoms with Crippen molar-refractivity contribution in [3.05, 3.63) is 93.2 Å². The van der Waals surface area contributed by atoms with Crippen molar-refractivity contribution in [3.8, 4) is 21.8 Å². The summed E-state index contributed by atoms with van der Waals surface area (Å²) in [6, 6.07) is 14.2. The van der Waals surface area contributed by atoms with Gasteiger partial charge in [-0.1, -0.05) is 18.2 Å². The molecule has 2 aromatic heterocycles. The molecular weight excluding hydrogens is 430 g/mol. The average molecular weight is 451 g/mol. The number of rotatable bonds is 5. The first-order valence-corrected chi connectivity index (χ1v) is 11.2. The number of benzene rings is 2. The van der Waals surface area contributed by atoms with Crippen molar-refractivity contribution >= 4 is 11.3 Å². The Bertz CT molecular complexity index is 1310. The normalized spacial score (nSPS) is 15.9. The van der Waals surface area contributed by atoms with Gasteiger partial charge in [0.15, 0.2) is 0 Å². The molecule has 1 unspecified atom stereocenters. The van der Waals surface area contributed by atoms with E-state index in [2.05, 4.69) is 15.4 Å². The van der Waals surface area contributed by atoms with Crippen molar-refractivity contribution in [1.82, 2.24) is 20.1 Å². The summed E-state index contributed by atoms with van der Waals surface area (Å²) in [6.07, 6.45) is 4.24. The third kappa shape index (κ3) is 4.37. The fourth-order valence-electron chi connectivity index (χ4n) is 3.90. The minimum absolute atomic E-state index is 0.237. The molecule has 162 valence electrons. The van der Waals surface area contributed by atoms with E-state index in [1.807, 2.05) is 30.5 Å². The molecule has 0 bridgehead atoms. The molecule has 5 rings (SSSR count).